The molecule has 0 nitrogen and oxygen atoms in total. The number of aryl methyl sites for hydroxylation is 1. The van der Waals surface area contributed by atoms with Crippen LogP contribution in [0, 0.1) is 29.3 Å². The predicted molar refractivity (Wildman–Crippen MR) is 67.3 cm³/mol. The Morgan fingerprint density at radius 3 is 2.33 bits per heavy atom. The van der Waals surface area contributed by atoms with E-state index in [9.17, 15) is 17.6 Å². The molecule has 0 heterocycles. The molecule has 0 unspecified atom stereocenters. The third kappa shape index (κ3) is 2.41. The maximum absolute atomic E-state index is 14.2. The van der Waals surface area contributed by atoms with Crippen molar-refractivity contribution in [3.8, 4) is 11.1 Å². The summed E-state index contributed by atoms with van der Waals surface area (Å²) in [5.74, 6) is -4.39. The number of hydrogen-bond acceptors (Lipinski definition) is 0. The first-order valence-corrected chi connectivity index (χ1v) is 6.43. The van der Waals surface area contributed by atoms with Gasteiger partial charge < -0.3 is 0 Å². The van der Waals surface area contributed by atoms with Crippen LogP contribution in [-0.2, 0) is 12.8 Å². The molecule has 0 saturated carbocycles. The minimum atomic E-state index is -1.17. The normalized spacial score (nSPS) is 11.9. The van der Waals surface area contributed by atoms with E-state index in [0.717, 1.165) is 0 Å². The van der Waals surface area contributed by atoms with E-state index in [-0.39, 0.29) is 42.0 Å². The van der Waals surface area contributed by atoms with Gasteiger partial charge in [-0.1, -0.05) is 25.0 Å². The van der Waals surface area contributed by atoms with Crippen LogP contribution in [0.4, 0.5) is 17.6 Å². The molecule has 104 valence electrons. The van der Waals surface area contributed by atoms with E-state index in [1.54, 1.807) is 6.07 Å². The summed E-state index contributed by atoms with van der Waals surface area (Å²) in [7, 11) is 0. The molecule has 3 rings (SSSR count). The topological polar surface area (TPSA) is 0 Å². The molecule has 0 spiro atoms. The van der Waals surface area contributed by atoms with Gasteiger partial charge in [-0.05, 0) is 24.0 Å². The Morgan fingerprint density at radius 1 is 1.00 bits per heavy atom. The zero-order chi connectivity index (χ0) is 14.4. The van der Waals surface area contributed by atoms with Gasteiger partial charge in [-0.25, -0.2) is 13.2 Å². The van der Waals surface area contributed by atoms with Gasteiger partial charge in [0.2, 0.25) is 0 Å². The van der Waals surface area contributed by atoms with E-state index in [4.69, 9.17) is 0 Å². The van der Waals surface area contributed by atoms with Gasteiger partial charge in [0, 0.05) is 11.4 Å². The van der Waals surface area contributed by atoms with Crippen LogP contribution in [0.25, 0.3) is 11.1 Å². The standard InChI is InChI=1S/C16H11F4.Li/c1-2-3-9-7-10-6-8-4-5-11(17)15(19)12(8)13(10)16(20)14(9)18;/h4,7H,2-3,6H2,1H3;/q-1;+1. The van der Waals surface area contributed by atoms with Crippen molar-refractivity contribution in [3.05, 3.63) is 58.2 Å². The molecular formula is C16H11F4Li. The number of hydrogen-bond donors (Lipinski definition) is 0. The monoisotopic (exact) mass is 286 g/mol. The van der Waals surface area contributed by atoms with Gasteiger partial charge >= 0.3 is 18.9 Å². The summed E-state index contributed by atoms with van der Waals surface area (Å²) in [6.45, 7) is 1.86. The van der Waals surface area contributed by atoms with Gasteiger partial charge in [-0.3, -0.25) is 4.39 Å². The summed E-state index contributed by atoms with van der Waals surface area (Å²) in [6.07, 6.45) is 1.36. The first-order chi connectivity index (χ1) is 9.54. The first-order valence-electron chi connectivity index (χ1n) is 6.43. The third-order valence-corrected chi connectivity index (χ3v) is 3.62. The molecule has 0 amide bonds. The van der Waals surface area contributed by atoms with Crippen LogP contribution in [0.1, 0.15) is 30.0 Å². The van der Waals surface area contributed by atoms with Crippen molar-refractivity contribution in [2.24, 2.45) is 0 Å². The van der Waals surface area contributed by atoms with Crippen molar-refractivity contribution < 1.29 is 36.4 Å². The van der Waals surface area contributed by atoms with E-state index in [0.29, 0.717) is 24.0 Å². The fraction of sp³-hybridized carbons (Fsp3) is 0.250. The maximum Gasteiger partial charge on any atom is 1.00 e. The molecule has 0 aliphatic heterocycles. The van der Waals surface area contributed by atoms with Crippen molar-refractivity contribution in [3.63, 3.8) is 0 Å². The van der Waals surface area contributed by atoms with Crippen molar-refractivity contribution in [2.75, 3.05) is 0 Å². The Kier molecular flexibility index (Phi) is 4.51. The van der Waals surface area contributed by atoms with Gasteiger partial charge in [-0.15, -0.1) is 11.6 Å². The smallest absolute Gasteiger partial charge is 0.281 e. The molecule has 0 saturated heterocycles. The second-order valence-electron chi connectivity index (χ2n) is 4.94. The SMILES string of the molecule is CCCc1cc2c(c(F)c1F)-c1c(c[c-]c(F)c1F)C2.[Li+]. The van der Waals surface area contributed by atoms with Crippen molar-refractivity contribution in [1.82, 2.24) is 0 Å². The summed E-state index contributed by atoms with van der Waals surface area (Å²) < 4.78 is 55.3. The van der Waals surface area contributed by atoms with Crippen molar-refractivity contribution in [1.29, 1.82) is 0 Å². The van der Waals surface area contributed by atoms with Crippen LogP contribution in [0.2, 0.25) is 0 Å². The van der Waals surface area contributed by atoms with E-state index in [1.165, 1.54) is 6.07 Å². The predicted octanol–water partition coefficient (Wildman–Crippen LogP) is 1.57. The molecule has 0 radical (unpaired) electrons. The Hall–Kier alpha value is -1.24. The summed E-state index contributed by atoms with van der Waals surface area (Å²) in [4.78, 5) is 0. The molecule has 2 aromatic rings. The Morgan fingerprint density at radius 2 is 1.67 bits per heavy atom. The first kappa shape index (κ1) is 16.1. The Bertz CT molecular complexity index is 710. The molecule has 2 aromatic carbocycles. The Balaban J connectivity index is 0.00000161. The van der Waals surface area contributed by atoms with Crippen molar-refractivity contribution >= 4 is 0 Å². The summed E-state index contributed by atoms with van der Waals surface area (Å²) >= 11 is 0. The maximum atomic E-state index is 14.2. The zero-order valence-corrected chi connectivity index (χ0v) is 11.8. The Labute approximate surface area is 132 Å². The number of halogens is 4. The molecule has 21 heavy (non-hydrogen) atoms. The summed E-state index contributed by atoms with van der Waals surface area (Å²) in [6, 6.07) is 5.00. The molecular weight excluding hydrogens is 275 g/mol. The minimum absolute atomic E-state index is 0. The molecule has 5 heteroatoms. The molecule has 0 N–H and O–H groups in total. The van der Waals surface area contributed by atoms with Crippen molar-refractivity contribution in [2.45, 2.75) is 26.2 Å². The number of fused-ring (bicyclic) bond motifs is 3. The minimum Gasteiger partial charge on any atom is -0.281 e. The third-order valence-electron chi connectivity index (χ3n) is 3.62. The summed E-state index contributed by atoms with van der Waals surface area (Å²) in [5, 5.41) is 0. The van der Waals surface area contributed by atoms with E-state index in [2.05, 4.69) is 6.07 Å². The van der Waals surface area contributed by atoms with Crippen LogP contribution >= 0.6 is 0 Å². The molecule has 1 aliphatic carbocycles. The van der Waals surface area contributed by atoms with Gasteiger partial charge in [0.15, 0.2) is 11.6 Å². The van der Waals surface area contributed by atoms with Crippen LogP contribution in [-0.4, -0.2) is 0 Å². The second kappa shape index (κ2) is 5.86. The fourth-order valence-electron chi connectivity index (χ4n) is 2.75. The molecule has 0 bridgehead atoms. The number of rotatable bonds is 2. The van der Waals surface area contributed by atoms with Gasteiger partial charge in [-0.2, -0.15) is 6.07 Å². The van der Waals surface area contributed by atoms with Crippen LogP contribution in [0.15, 0.2) is 12.1 Å². The molecule has 0 aromatic heterocycles. The largest absolute Gasteiger partial charge is 1.00 e. The average molecular weight is 286 g/mol. The molecule has 0 atom stereocenters. The van der Waals surface area contributed by atoms with Gasteiger partial charge in [0.1, 0.15) is 0 Å². The zero-order valence-electron chi connectivity index (χ0n) is 11.8. The van der Waals surface area contributed by atoms with Crippen LogP contribution in [0.5, 0.6) is 0 Å². The van der Waals surface area contributed by atoms with Gasteiger partial charge in [0.05, 0.1) is 5.82 Å². The van der Waals surface area contributed by atoms with E-state index < -0.39 is 23.3 Å². The van der Waals surface area contributed by atoms with E-state index >= 15 is 0 Å². The van der Waals surface area contributed by atoms with Gasteiger partial charge in [0.25, 0.3) is 0 Å². The number of benzene rings is 2. The van der Waals surface area contributed by atoms with Crippen LogP contribution in [0.3, 0.4) is 0 Å². The second-order valence-corrected chi connectivity index (χ2v) is 4.94. The summed E-state index contributed by atoms with van der Waals surface area (Å²) in [5.41, 5.74) is 0.894. The van der Waals surface area contributed by atoms with E-state index in [1.807, 2.05) is 6.92 Å². The quantitative estimate of drug-likeness (QED) is 0.381. The molecule has 1 aliphatic rings. The fourth-order valence-corrected chi connectivity index (χ4v) is 2.75. The average Bonchev–Trinajstić information content (AvgIpc) is 2.79. The van der Waals surface area contributed by atoms with Crippen LogP contribution < -0.4 is 18.9 Å². The molecule has 0 fully saturated rings.